The Kier molecular flexibility index (Phi) is 5.36. The Morgan fingerprint density at radius 3 is 2.26 bits per heavy atom. The summed E-state index contributed by atoms with van der Waals surface area (Å²) in [5.41, 5.74) is 1.98. The fraction of sp³-hybridized carbons (Fsp3) is 0.320. The SMILES string of the molecule is O=C(c1ccc(Cl)cc1)C1CCN(C(=O)c2nc(-c3ccccc3)oc2C2CC2)CC1. The van der Waals surface area contributed by atoms with E-state index in [1.807, 2.05) is 35.2 Å². The molecule has 0 N–H and O–H groups in total. The predicted octanol–water partition coefficient (Wildman–Crippen LogP) is 5.61. The maximum Gasteiger partial charge on any atom is 0.276 e. The van der Waals surface area contributed by atoms with Crippen LogP contribution >= 0.6 is 11.6 Å². The Hall–Kier alpha value is -2.92. The van der Waals surface area contributed by atoms with Crippen molar-refractivity contribution in [1.29, 1.82) is 0 Å². The summed E-state index contributed by atoms with van der Waals surface area (Å²) in [5, 5.41) is 0.617. The summed E-state index contributed by atoms with van der Waals surface area (Å²) in [5.74, 6) is 1.44. The Balaban J connectivity index is 1.30. The predicted molar refractivity (Wildman–Crippen MR) is 118 cm³/mol. The van der Waals surface area contributed by atoms with Gasteiger partial charge in [0.1, 0.15) is 5.76 Å². The van der Waals surface area contributed by atoms with E-state index in [2.05, 4.69) is 4.98 Å². The van der Waals surface area contributed by atoms with Crippen LogP contribution < -0.4 is 0 Å². The number of aromatic nitrogens is 1. The van der Waals surface area contributed by atoms with Gasteiger partial charge in [0.2, 0.25) is 5.89 Å². The third kappa shape index (κ3) is 4.15. The maximum absolute atomic E-state index is 13.3. The highest BCUT2D eigenvalue weighted by Crippen LogP contribution is 2.43. The van der Waals surface area contributed by atoms with Crippen LogP contribution in [0.2, 0.25) is 5.02 Å². The minimum Gasteiger partial charge on any atom is -0.440 e. The number of carbonyl (C=O) groups excluding carboxylic acids is 2. The van der Waals surface area contributed by atoms with Crippen molar-refractivity contribution in [2.75, 3.05) is 13.1 Å². The van der Waals surface area contributed by atoms with E-state index in [-0.39, 0.29) is 23.5 Å². The zero-order chi connectivity index (χ0) is 21.4. The monoisotopic (exact) mass is 434 g/mol. The molecule has 2 aliphatic rings. The number of hydrogen-bond acceptors (Lipinski definition) is 4. The molecule has 0 radical (unpaired) electrons. The average molecular weight is 435 g/mol. The number of amides is 1. The largest absolute Gasteiger partial charge is 0.440 e. The molecule has 3 aromatic rings. The first-order valence-corrected chi connectivity index (χ1v) is 11.1. The lowest BCUT2D eigenvalue weighted by Gasteiger charge is -2.31. The number of benzene rings is 2. The number of piperidine rings is 1. The number of oxazole rings is 1. The molecule has 2 aromatic carbocycles. The van der Waals surface area contributed by atoms with Gasteiger partial charge in [-0.1, -0.05) is 29.8 Å². The normalized spacial score (nSPS) is 17.0. The number of hydrogen-bond donors (Lipinski definition) is 0. The van der Waals surface area contributed by atoms with Gasteiger partial charge in [-0.3, -0.25) is 9.59 Å². The van der Waals surface area contributed by atoms with Crippen LogP contribution in [0.1, 0.15) is 58.2 Å². The van der Waals surface area contributed by atoms with Crippen LogP contribution in [0.4, 0.5) is 0 Å². The summed E-state index contributed by atoms with van der Waals surface area (Å²) < 4.78 is 6.04. The van der Waals surface area contributed by atoms with Crippen molar-refractivity contribution in [3.05, 3.63) is 76.6 Å². The van der Waals surface area contributed by atoms with Crippen molar-refractivity contribution in [2.45, 2.75) is 31.6 Å². The van der Waals surface area contributed by atoms with E-state index in [0.29, 0.717) is 53.9 Å². The van der Waals surface area contributed by atoms with Crippen LogP contribution in [-0.2, 0) is 0 Å². The van der Waals surface area contributed by atoms with Crippen LogP contribution in [0.5, 0.6) is 0 Å². The van der Waals surface area contributed by atoms with E-state index in [1.54, 1.807) is 24.3 Å². The molecule has 0 atom stereocenters. The first kappa shape index (κ1) is 20.0. The summed E-state index contributed by atoms with van der Waals surface area (Å²) in [6.07, 6.45) is 3.35. The van der Waals surface area contributed by atoms with Crippen molar-refractivity contribution in [3.63, 3.8) is 0 Å². The molecule has 1 aliphatic carbocycles. The molecule has 31 heavy (non-hydrogen) atoms. The zero-order valence-corrected chi connectivity index (χ0v) is 17.8. The molecule has 5 rings (SSSR count). The summed E-state index contributed by atoms with van der Waals surface area (Å²) in [6.45, 7) is 1.08. The van der Waals surface area contributed by atoms with Crippen LogP contribution in [-0.4, -0.2) is 34.7 Å². The van der Waals surface area contributed by atoms with E-state index in [1.165, 1.54) is 0 Å². The molecule has 1 saturated carbocycles. The van der Waals surface area contributed by atoms with Gasteiger partial charge in [0.25, 0.3) is 5.91 Å². The van der Waals surface area contributed by atoms with Crippen molar-refractivity contribution in [3.8, 4) is 11.5 Å². The smallest absolute Gasteiger partial charge is 0.276 e. The van der Waals surface area contributed by atoms with Gasteiger partial charge in [-0.15, -0.1) is 0 Å². The maximum atomic E-state index is 13.3. The molecule has 1 aliphatic heterocycles. The van der Waals surface area contributed by atoms with E-state index >= 15 is 0 Å². The number of ketones is 1. The first-order chi connectivity index (χ1) is 15.1. The van der Waals surface area contributed by atoms with E-state index in [0.717, 1.165) is 18.4 Å². The second-order valence-electron chi connectivity index (χ2n) is 8.31. The molecule has 1 amide bonds. The fourth-order valence-corrected chi connectivity index (χ4v) is 4.28. The quantitative estimate of drug-likeness (QED) is 0.490. The zero-order valence-electron chi connectivity index (χ0n) is 17.1. The second kappa shape index (κ2) is 8.31. The summed E-state index contributed by atoms with van der Waals surface area (Å²) >= 11 is 5.93. The van der Waals surface area contributed by atoms with Crippen LogP contribution in [0.3, 0.4) is 0 Å². The molecular formula is C25H23ClN2O3. The highest BCUT2D eigenvalue weighted by atomic mass is 35.5. The summed E-state index contributed by atoms with van der Waals surface area (Å²) in [6, 6.07) is 16.7. The average Bonchev–Trinajstić information content (AvgIpc) is 3.57. The second-order valence-corrected chi connectivity index (χ2v) is 8.75. The van der Waals surface area contributed by atoms with Gasteiger partial charge < -0.3 is 9.32 Å². The Bertz CT molecular complexity index is 1100. The highest BCUT2D eigenvalue weighted by Gasteiger charge is 2.37. The van der Waals surface area contributed by atoms with Gasteiger partial charge >= 0.3 is 0 Å². The van der Waals surface area contributed by atoms with Crippen molar-refractivity contribution >= 4 is 23.3 Å². The molecule has 1 aromatic heterocycles. The minimum atomic E-state index is -0.0924. The van der Waals surface area contributed by atoms with Crippen LogP contribution in [0, 0.1) is 5.92 Å². The fourth-order valence-electron chi connectivity index (χ4n) is 4.16. The molecule has 158 valence electrons. The van der Waals surface area contributed by atoms with Gasteiger partial charge in [0, 0.05) is 41.1 Å². The van der Waals surface area contributed by atoms with Gasteiger partial charge in [0.15, 0.2) is 11.5 Å². The third-order valence-electron chi connectivity index (χ3n) is 6.11. The third-order valence-corrected chi connectivity index (χ3v) is 6.36. The van der Waals surface area contributed by atoms with Gasteiger partial charge in [-0.25, -0.2) is 4.98 Å². The first-order valence-electron chi connectivity index (χ1n) is 10.8. The van der Waals surface area contributed by atoms with Crippen molar-refractivity contribution < 1.29 is 14.0 Å². The molecule has 1 saturated heterocycles. The molecule has 2 fully saturated rings. The van der Waals surface area contributed by atoms with Crippen molar-refractivity contribution in [2.24, 2.45) is 5.92 Å². The highest BCUT2D eigenvalue weighted by molar-refractivity contribution is 6.30. The number of Topliss-reactive ketones (excluding diaryl/α,β-unsaturated/α-hetero) is 1. The molecule has 2 heterocycles. The Morgan fingerprint density at radius 2 is 1.61 bits per heavy atom. The van der Waals surface area contributed by atoms with Gasteiger partial charge in [-0.2, -0.15) is 0 Å². The van der Waals surface area contributed by atoms with E-state index in [9.17, 15) is 9.59 Å². The molecular weight excluding hydrogens is 412 g/mol. The van der Waals surface area contributed by atoms with Crippen molar-refractivity contribution in [1.82, 2.24) is 9.88 Å². The summed E-state index contributed by atoms with van der Waals surface area (Å²) in [4.78, 5) is 32.5. The minimum absolute atomic E-state index is 0.0784. The number of nitrogens with zero attached hydrogens (tertiary/aromatic N) is 2. The number of halogens is 1. The van der Waals surface area contributed by atoms with Gasteiger partial charge in [-0.05, 0) is 62.1 Å². The standard InChI is InChI=1S/C25H23ClN2O3/c26-20-10-8-16(9-11-20)22(29)17-12-14-28(15-13-17)25(30)21-23(18-6-7-18)31-24(27-21)19-4-2-1-3-5-19/h1-5,8-11,17-18H,6-7,12-15H2. The molecule has 0 spiro atoms. The molecule has 0 unspecified atom stereocenters. The summed E-state index contributed by atoms with van der Waals surface area (Å²) in [7, 11) is 0. The topological polar surface area (TPSA) is 63.4 Å². The lowest BCUT2D eigenvalue weighted by molar-refractivity contribution is 0.0644. The van der Waals surface area contributed by atoms with E-state index < -0.39 is 0 Å². The Morgan fingerprint density at radius 1 is 0.935 bits per heavy atom. The van der Waals surface area contributed by atoms with E-state index in [4.69, 9.17) is 16.0 Å². The lowest BCUT2D eigenvalue weighted by Crippen LogP contribution is -2.40. The molecule has 6 heteroatoms. The number of carbonyl (C=O) groups is 2. The van der Waals surface area contributed by atoms with Crippen LogP contribution in [0.15, 0.2) is 59.0 Å². The molecule has 5 nitrogen and oxygen atoms in total. The van der Waals surface area contributed by atoms with Gasteiger partial charge in [0.05, 0.1) is 0 Å². The number of likely N-dealkylation sites (tertiary alicyclic amines) is 1. The number of rotatable bonds is 5. The molecule has 0 bridgehead atoms. The Labute approximate surface area is 186 Å². The van der Waals surface area contributed by atoms with Crippen LogP contribution in [0.25, 0.3) is 11.5 Å². The lowest BCUT2D eigenvalue weighted by atomic mass is 9.89.